The maximum atomic E-state index is 14.2. The van der Waals surface area contributed by atoms with Gasteiger partial charge in [-0.05, 0) is 92.7 Å². The van der Waals surface area contributed by atoms with Crippen molar-refractivity contribution < 1.29 is 28.2 Å². The Balaban J connectivity index is 2.33. The summed E-state index contributed by atoms with van der Waals surface area (Å²) in [6.07, 6.45) is 1.29. The van der Waals surface area contributed by atoms with Gasteiger partial charge in [0.25, 0.3) is 0 Å². The lowest BCUT2D eigenvalue weighted by Gasteiger charge is -2.33. The third-order valence-corrected chi connectivity index (χ3v) is 7.84. The molecule has 1 saturated carbocycles. The number of benzene rings is 1. The van der Waals surface area contributed by atoms with Gasteiger partial charge in [0.15, 0.2) is 6.10 Å². The molecule has 25 heavy (non-hydrogen) atoms. The van der Waals surface area contributed by atoms with Crippen LogP contribution in [-0.2, 0) is 9.53 Å². The van der Waals surface area contributed by atoms with E-state index in [4.69, 9.17) is 9.84 Å². The van der Waals surface area contributed by atoms with Gasteiger partial charge in [0.1, 0.15) is 0 Å². The molecule has 0 spiro atoms. The quantitative estimate of drug-likeness (QED) is 0.258. The van der Waals surface area contributed by atoms with Crippen molar-refractivity contribution in [2.75, 3.05) is 0 Å². The molecule has 2 rings (SSSR count). The fourth-order valence-electron chi connectivity index (χ4n) is 2.91. The van der Waals surface area contributed by atoms with E-state index in [1.54, 1.807) is 6.07 Å². The second-order valence-electron chi connectivity index (χ2n) is 5.90. The summed E-state index contributed by atoms with van der Waals surface area (Å²) in [5.74, 6) is -7.93. The number of carboxylic acids is 1. The number of esters is 1. The highest BCUT2D eigenvalue weighted by molar-refractivity contribution is 14.1. The fraction of sp³-hybridized carbons (Fsp3) is 0.500. The number of aliphatic carboxylic acids is 1. The van der Waals surface area contributed by atoms with Crippen molar-refractivity contribution in [1.29, 1.82) is 0 Å². The lowest BCUT2D eigenvalue weighted by Crippen LogP contribution is -2.49. The van der Waals surface area contributed by atoms with Crippen LogP contribution >= 0.6 is 67.8 Å². The van der Waals surface area contributed by atoms with Gasteiger partial charge in [-0.2, -0.15) is 8.78 Å². The SMILES string of the molecule is O=C(OC(C1CCCCC1)C(F)(F)C(=O)O)c1cc(I)cc(I)c1I. The molecule has 1 aromatic rings. The zero-order valence-electron chi connectivity index (χ0n) is 12.9. The molecule has 0 bridgehead atoms. The normalized spacial score (nSPS) is 17.2. The van der Waals surface area contributed by atoms with Crippen LogP contribution in [0.2, 0.25) is 0 Å². The van der Waals surface area contributed by atoms with Gasteiger partial charge in [-0.3, -0.25) is 0 Å². The van der Waals surface area contributed by atoms with Crippen LogP contribution in [0.1, 0.15) is 42.5 Å². The molecule has 9 heteroatoms. The van der Waals surface area contributed by atoms with E-state index in [2.05, 4.69) is 22.6 Å². The molecule has 1 aliphatic carbocycles. The first kappa shape index (κ1) is 21.5. The minimum Gasteiger partial charge on any atom is -0.477 e. The zero-order valence-corrected chi connectivity index (χ0v) is 19.4. The molecule has 1 fully saturated rings. The summed E-state index contributed by atoms with van der Waals surface area (Å²) in [5.41, 5.74) is 0.180. The van der Waals surface area contributed by atoms with Crippen molar-refractivity contribution in [2.45, 2.75) is 44.1 Å². The number of hydrogen-bond donors (Lipinski definition) is 1. The van der Waals surface area contributed by atoms with Crippen LogP contribution in [-0.4, -0.2) is 29.1 Å². The highest BCUT2D eigenvalue weighted by Crippen LogP contribution is 2.37. The summed E-state index contributed by atoms with van der Waals surface area (Å²) in [7, 11) is 0. The molecule has 1 unspecified atom stereocenters. The van der Waals surface area contributed by atoms with Gasteiger partial charge in [0, 0.05) is 16.6 Å². The molecule has 1 aliphatic rings. The lowest BCUT2D eigenvalue weighted by molar-refractivity contribution is -0.189. The van der Waals surface area contributed by atoms with E-state index < -0.39 is 29.9 Å². The Morgan fingerprint density at radius 2 is 1.76 bits per heavy atom. The van der Waals surface area contributed by atoms with E-state index in [9.17, 15) is 18.4 Å². The number of halogens is 5. The molecule has 1 atom stereocenters. The molecule has 0 aromatic heterocycles. The molecule has 1 aromatic carbocycles. The summed E-state index contributed by atoms with van der Waals surface area (Å²) >= 11 is 6.03. The van der Waals surface area contributed by atoms with Crippen molar-refractivity contribution in [3.63, 3.8) is 0 Å². The highest BCUT2D eigenvalue weighted by Gasteiger charge is 2.53. The lowest BCUT2D eigenvalue weighted by atomic mass is 9.83. The molecule has 4 nitrogen and oxygen atoms in total. The van der Waals surface area contributed by atoms with Crippen LogP contribution in [0.4, 0.5) is 8.78 Å². The summed E-state index contributed by atoms with van der Waals surface area (Å²) in [6, 6.07) is 3.41. The van der Waals surface area contributed by atoms with Gasteiger partial charge < -0.3 is 9.84 Å². The molecule has 0 saturated heterocycles. The Morgan fingerprint density at radius 3 is 2.32 bits per heavy atom. The zero-order chi connectivity index (χ0) is 18.8. The van der Waals surface area contributed by atoms with Crippen molar-refractivity contribution in [2.24, 2.45) is 5.92 Å². The molecular weight excluding hydrogens is 675 g/mol. The minimum absolute atomic E-state index is 0.180. The Bertz CT molecular complexity index is 676. The van der Waals surface area contributed by atoms with Crippen molar-refractivity contribution in [3.05, 3.63) is 28.4 Å². The smallest absolute Gasteiger partial charge is 0.378 e. The Kier molecular flexibility index (Phi) is 7.69. The summed E-state index contributed by atoms with van der Waals surface area (Å²) in [4.78, 5) is 23.6. The van der Waals surface area contributed by atoms with Crippen molar-refractivity contribution >= 4 is 79.7 Å². The largest absolute Gasteiger partial charge is 0.477 e. The Morgan fingerprint density at radius 1 is 1.16 bits per heavy atom. The number of alkyl halides is 2. The van der Waals surface area contributed by atoms with Crippen LogP contribution in [0.15, 0.2) is 12.1 Å². The Hall–Kier alpha value is 0.210. The van der Waals surface area contributed by atoms with Gasteiger partial charge in [-0.25, -0.2) is 9.59 Å². The standard InChI is InChI=1S/C16H15F2I3O4/c17-16(18,15(23)24)13(8-4-2-1-3-5-8)25-14(22)10-6-9(19)7-11(20)12(10)21/h6-8,13H,1-5H2,(H,23,24). The van der Waals surface area contributed by atoms with Crippen LogP contribution < -0.4 is 0 Å². The molecule has 1 N–H and O–H groups in total. The highest BCUT2D eigenvalue weighted by atomic mass is 127. The maximum Gasteiger partial charge on any atom is 0.378 e. The van der Waals surface area contributed by atoms with Crippen LogP contribution in [0, 0.1) is 16.6 Å². The molecule has 0 radical (unpaired) electrons. The molecule has 0 aliphatic heterocycles. The number of ether oxygens (including phenoxy) is 1. The van der Waals surface area contributed by atoms with Crippen molar-refractivity contribution in [1.82, 2.24) is 0 Å². The van der Waals surface area contributed by atoms with Gasteiger partial charge in [0.05, 0.1) is 5.56 Å². The monoisotopic (exact) mass is 690 g/mol. The fourth-order valence-corrected chi connectivity index (χ4v) is 5.28. The summed E-state index contributed by atoms with van der Waals surface area (Å²) in [5, 5.41) is 8.92. The van der Waals surface area contributed by atoms with E-state index in [1.165, 1.54) is 0 Å². The van der Waals surface area contributed by atoms with E-state index in [-0.39, 0.29) is 5.56 Å². The third kappa shape index (κ3) is 5.14. The molecular formula is C16H15F2I3O4. The minimum atomic E-state index is -4.11. The Labute approximate surface area is 184 Å². The van der Waals surface area contributed by atoms with Crippen LogP contribution in [0.5, 0.6) is 0 Å². The predicted molar refractivity (Wildman–Crippen MR) is 113 cm³/mol. The van der Waals surface area contributed by atoms with Crippen molar-refractivity contribution in [3.8, 4) is 0 Å². The summed E-state index contributed by atoms with van der Waals surface area (Å²) < 4.78 is 35.8. The molecule has 0 heterocycles. The third-order valence-electron chi connectivity index (χ3n) is 4.17. The molecule has 0 amide bonds. The number of carboxylic acid groups (broad SMARTS) is 1. The topological polar surface area (TPSA) is 63.6 Å². The first-order valence-electron chi connectivity index (χ1n) is 7.61. The second-order valence-corrected chi connectivity index (χ2v) is 9.39. The van der Waals surface area contributed by atoms with Gasteiger partial charge >= 0.3 is 17.9 Å². The second kappa shape index (κ2) is 8.93. The number of rotatable bonds is 5. The van der Waals surface area contributed by atoms with Gasteiger partial charge in [-0.1, -0.05) is 19.3 Å². The maximum absolute atomic E-state index is 14.2. The van der Waals surface area contributed by atoms with E-state index in [0.717, 1.165) is 26.4 Å². The van der Waals surface area contributed by atoms with E-state index in [1.807, 2.05) is 51.2 Å². The predicted octanol–water partition coefficient (Wildman–Crippen LogP) is 5.33. The van der Waals surface area contributed by atoms with E-state index >= 15 is 0 Å². The van der Waals surface area contributed by atoms with Gasteiger partial charge in [0.2, 0.25) is 0 Å². The number of carbonyl (C=O) groups excluding carboxylic acids is 1. The summed E-state index contributed by atoms with van der Waals surface area (Å²) in [6.45, 7) is 0. The average Bonchev–Trinajstić information content (AvgIpc) is 2.56. The first-order valence-corrected chi connectivity index (χ1v) is 10.8. The number of hydrogen-bond acceptors (Lipinski definition) is 3. The van der Waals surface area contributed by atoms with Gasteiger partial charge in [-0.15, -0.1) is 0 Å². The van der Waals surface area contributed by atoms with E-state index in [0.29, 0.717) is 16.4 Å². The van der Waals surface area contributed by atoms with Crippen LogP contribution in [0.25, 0.3) is 0 Å². The average molecular weight is 690 g/mol. The number of carbonyl (C=O) groups is 2. The first-order chi connectivity index (χ1) is 11.6. The van der Waals surface area contributed by atoms with Crippen LogP contribution in [0.3, 0.4) is 0 Å². The molecule has 138 valence electrons.